The van der Waals surface area contributed by atoms with Gasteiger partial charge in [-0.15, -0.1) is 0 Å². The number of fused-ring (bicyclic) bond motifs is 1. The Morgan fingerprint density at radius 3 is 2.74 bits per heavy atom. The van der Waals surface area contributed by atoms with E-state index in [1.807, 2.05) is 18.2 Å². The third kappa shape index (κ3) is 3.96. The Morgan fingerprint density at radius 2 is 1.96 bits per heavy atom. The van der Waals surface area contributed by atoms with Crippen LogP contribution in [0.5, 0.6) is 11.5 Å². The van der Waals surface area contributed by atoms with Gasteiger partial charge in [0.05, 0.1) is 0 Å². The van der Waals surface area contributed by atoms with Crippen LogP contribution in [0.4, 0.5) is 0 Å². The predicted molar refractivity (Wildman–Crippen MR) is 88.3 cm³/mol. The van der Waals surface area contributed by atoms with Crippen molar-refractivity contribution in [2.75, 3.05) is 13.3 Å². The summed E-state index contributed by atoms with van der Waals surface area (Å²) in [5.74, 6) is 1.79. The Kier molecular flexibility index (Phi) is 5.39. The molecule has 2 N–H and O–H groups in total. The maximum atomic E-state index is 12.7. The molecular formula is C18H26N2O3. The highest BCUT2D eigenvalue weighted by Gasteiger charge is 2.25. The van der Waals surface area contributed by atoms with E-state index in [9.17, 15) is 4.79 Å². The minimum atomic E-state index is 0.222. The van der Waals surface area contributed by atoms with E-state index in [4.69, 9.17) is 15.2 Å². The lowest BCUT2D eigenvalue weighted by Crippen LogP contribution is -2.41. The van der Waals surface area contributed by atoms with Crippen molar-refractivity contribution in [1.29, 1.82) is 0 Å². The van der Waals surface area contributed by atoms with Crippen LogP contribution in [0.3, 0.4) is 0 Å². The third-order valence-corrected chi connectivity index (χ3v) is 4.72. The normalized spacial score (nSPS) is 17.3. The summed E-state index contributed by atoms with van der Waals surface area (Å²) in [6.07, 6.45) is 7.23. The van der Waals surface area contributed by atoms with Gasteiger partial charge in [-0.1, -0.05) is 25.3 Å². The lowest BCUT2D eigenvalue weighted by molar-refractivity contribution is -0.135. The second-order valence-electron chi connectivity index (χ2n) is 6.39. The maximum Gasteiger partial charge on any atom is 0.231 e. The number of hydrogen-bond donors (Lipinski definition) is 1. The van der Waals surface area contributed by atoms with Gasteiger partial charge >= 0.3 is 0 Å². The molecule has 0 saturated heterocycles. The highest BCUT2D eigenvalue weighted by Crippen LogP contribution is 2.33. The Bertz CT molecular complexity index is 541. The van der Waals surface area contributed by atoms with Crippen LogP contribution in [0.25, 0.3) is 0 Å². The van der Waals surface area contributed by atoms with Gasteiger partial charge in [0.1, 0.15) is 0 Å². The molecule has 1 amide bonds. The Morgan fingerprint density at radius 1 is 1.17 bits per heavy atom. The molecule has 2 aliphatic rings. The predicted octanol–water partition coefficient (Wildman–Crippen LogP) is 2.82. The highest BCUT2D eigenvalue weighted by atomic mass is 16.7. The molecule has 1 aromatic carbocycles. The van der Waals surface area contributed by atoms with Crippen molar-refractivity contribution < 1.29 is 14.3 Å². The average molecular weight is 318 g/mol. The molecule has 0 radical (unpaired) electrons. The fraction of sp³-hybridized carbons (Fsp3) is 0.611. The van der Waals surface area contributed by atoms with Gasteiger partial charge in [0.2, 0.25) is 12.7 Å². The first-order valence-electron chi connectivity index (χ1n) is 8.66. The molecule has 0 unspecified atom stereocenters. The second kappa shape index (κ2) is 7.68. The fourth-order valence-corrected chi connectivity index (χ4v) is 3.45. The maximum absolute atomic E-state index is 12.7. The summed E-state index contributed by atoms with van der Waals surface area (Å²) in [4.78, 5) is 14.7. The van der Waals surface area contributed by atoms with Gasteiger partial charge in [0, 0.05) is 19.0 Å². The van der Waals surface area contributed by atoms with Gasteiger partial charge in [0.15, 0.2) is 11.5 Å². The van der Waals surface area contributed by atoms with Crippen molar-refractivity contribution in [3.8, 4) is 11.5 Å². The van der Waals surface area contributed by atoms with E-state index in [-0.39, 0.29) is 12.7 Å². The average Bonchev–Trinajstić information content (AvgIpc) is 3.06. The summed E-state index contributed by atoms with van der Waals surface area (Å²) in [6, 6.07) is 6.31. The molecule has 0 bridgehead atoms. The minimum absolute atomic E-state index is 0.222. The van der Waals surface area contributed by atoms with Crippen molar-refractivity contribution in [1.82, 2.24) is 4.90 Å². The summed E-state index contributed by atoms with van der Waals surface area (Å²) in [7, 11) is 0. The van der Waals surface area contributed by atoms with Gasteiger partial charge in [-0.3, -0.25) is 4.79 Å². The van der Waals surface area contributed by atoms with E-state index in [1.165, 1.54) is 19.3 Å². The molecule has 23 heavy (non-hydrogen) atoms. The second-order valence-corrected chi connectivity index (χ2v) is 6.39. The van der Waals surface area contributed by atoms with Gasteiger partial charge in [-0.05, 0) is 43.5 Å². The van der Waals surface area contributed by atoms with Crippen LogP contribution < -0.4 is 15.2 Å². The van der Waals surface area contributed by atoms with Crippen LogP contribution in [0.15, 0.2) is 18.2 Å². The SMILES string of the molecule is NCCCC(=O)N(Cc1ccc2c(c1)OCO2)C1CCCCC1. The molecule has 1 aliphatic heterocycles. The van der Waals surface area contributed by atoms with Crippen LogP contribution in [0.1, 0.15) is 50.5 Å². The van der Waals surface area contributed by atoms with Gasteiger partial charge in [0.25, 0.3) is 0 Å². The molecule has 3 rings (SSSR count). The first-order valence-corrected chi connectivity index (χ1v) is 8.66. The molecule has 1 aromatic rings. The van der Waals surface area contributed by atoms with E-state index in [0.29, 0.717) is 25.6 Å². The molecule has 0 atom stereocenters. The highest BCUT2D eigenvalue weighted by molar-refractivity contribution is 5.76. The van der Waals surface area contributed by atoms with Crippen LogP contribution in [-0.2, 0) is 11.3 Å². The summed E-state index contributed by atoms with van der Waals surface area (Å²) in [5, 5.41) is 0. The summed E-state index contributed by atoms with van der Waals surface area (Å²) < 4.78 is 10.8. The molecule has 0 spiro atoms. The topological polar surface area (TPSA) is 64.8 Å². The van der Waals surface area contributed by atoms with Crippen LogP contribution in [0, 0.1) is 0 Å². The number of hydrogen-bond acceptors (Lipinski definition) is 4. The van der Waals surface area contributed by atoms with E-state index in [0.717, 1.165) is 36.3 Å². The molecule has 1 fully saturated rings. The lowest BCUT2D eigenvalue weighted by atomic mass is 9.93. The number of benzene rings is 1. The van der Waals surface area contributed by atoms with E-state index < -0.39 is 0 Å². The molecule has 1 saturated carbocycles. The lowest BCUT2D eigenvalue weighted by Gasteiger charge is -2.34. The largest absolute Gasteiger partial charge is 0.454 e. The Hall–Kier alpha value is -1.75. The molecule has 126 valence electrons. The summed E-state index contributed by atoms with van der Waals surface area (Å²) >= 11 is 0. The number of rotatable bonds is 6. The number of ether oxygens (including phenoxy) is 2. The fourth-order valence-electron chi connectivity index (χ4n) is 3.45. The van der Waals surface area contributed by atoms with E-state index in [1.54, 1.807) is 0 Å². The first kappa shape index (κ1) is 16.1. The Balaban J connectivity index is 1.72. The van der Waals surface area contributed by atoms with Crippen molar-refractivity contribution in [3.05, 3.63) is 23.8 Å². The number of nitrogens with two attached hydrogens (primary N) is 1. The first-order chi connectivity index (χ1) is 11.3. The zero-order valence-electron chi connectivity index (χ0n) is 13.6. The minimum Gasteiger partial charge on any atom is -0.454 e. The van der Waals surface area contributed by atoms with Crippen molar-refractivity contribution >= 4 is 5.91 Å². The standard InChI is InChI=1S/C18H26N2O3/c19-10-4-7-18(21)20(15-5-2-1-3-6-15)12-14-8-9-16-17(11-14)23-13-22-16/h8-9,11,15H,1-7,10,12-13,19H2. The number of nitrogens with zero attached hydrogens (tertiary/aromatic N) is 1. The molecule has 5 nitrogen and oxygen atoms in total. The van der Waals surface area contributed by atoms with Gasteiger partial charge < -0.3 is 20.1 Å². The zero-order chi connectivity index (χ0) is 16.1. The number of carbonyl (C=O) groups excluding carboxylic acids is 1. The van der Waals surface area contributed by atoms with E-state index in [2.05, 4.69) is 4.90 Å². The molecule has 0 aromatic heterocycles. The summed E-state index contributed by atoms with van der Waals surface area (Å²) in [6.45, 7) is 1.49. The smallest absolute Gasteiger partial charge is 0.231 e. The van der Waals surface area contributed by atoms with Crippen molar-refractivity contribution in [2.24, 2.45) is 5.73 Å². The zero-order valence-corrected chi connectivity index (χ0v) is 13.6. The monoisotopic (exact) mass is 318 g/mol. The quantitative estimate of drug-likeness (QED) is 0.876. The third-order valence-electron chi connectivity index (χ3n) is 4.72. The van der Waals surface area contributed by atoms with Crippen LogP contribution in [0.2, 0.25) is 0 Å². The molecule has 1 heterocycles. The van der Waals surface area contributed by atoms with E-state index >= 15 is 0 Å². The molecular weight excluding hydrogens is 292 g/mol. The van der Waals surface area contributed by atoms with Crippen molar-refractivity contribution in [2.45, 2.75) is 57.5 Å². The summed E-state index contributed by atoms with van der Waals surface area (Å²) in [5.41, 5.74) is 6.67. The van der Waals surface area contributed by atoms with Gasteiger partial charge in [-0.25, -0.2) is 0 Å². The van der Waals surface area contributed by atoms with Crippen molar-refractivity contribution in [3.63, 3.8) is 0 Å². The number of carbonyl (C=O) groups is 1. The molecule has 1 aliphatic carbocycles. The molecule has 5 heteroatoms. The van der Waals surface area contributed by atoms with Gasteiger partial charge in [-0.2, -0.15) is 0 Å². The number of amides is 1. The Labute approximate surface area is 137 Å². The van der Waals surface area contributed by atoms with Crippen LogP contribution >= 0.6 is 0 Å². The van der Waals surface area contributed by atoms with Crippen LogP contribution in [-0.4, -0.2) is 30.2 Å².